The van der Waals surface area contributed by atoms with E-state index in [1.807, 2.05) is 13.0 Å². The van der Waals surface area contributed by atoms with Crippen molar-refractivity contribution in [1.29, 1.82) is 5.41 Å². The summed E-state index contributed by atoms with van der Waals surface area (Å²) in [6.45, 7) is 1.93. The summed E-state index contributed by atoms with van der Waals surface area (Å²) in [6.07, 6.45) is 1.66. The van der Waals surface area contributed by atoms with Gasteiger partial charge in [-0.05, 0) is 24.6 Å². The van der Waals surface area contributed by atoms with Gasteiger partial charge in [-0.1, -0.05) is 0 Å². The van der Waals surface area contributed by atoms with Crippen molar-refractivity contribution >= 4 is 0 Å². The molecule has 0 aliphatic carbocycles. The summed E-state index contributed by atoms with van der Waals surface area (Å²) in [4.78, 5) is 0. The summed E-state index contributed by atoms with van der Waals surface area (Å²) in [5.74, 6) is 5.32. The summed E-state index contributed by atoms with van der Waals surface area (Å²) in [7, 11) is 0. The molecule has 1 rings (SSSR count). The maximum Gasteiger partial charge on any atom is 0.143 e. The molecule has 9 heavy (non-hydrogen) atoms. The zero-order valence-corrected chi connectivity index (χ0v) is 5.26. The van der Waals surface area contributed by atoms with Crippen LogP contribution < -0.4 is 11.3 Å². The van der Waals surface area contributed by atoms with Gasteiger partial charge in [-0.15, -0.1) is 0 Å². The Morgan fingerprint density at radius 3 is 2.78 bits per heavy atom. The second-order valence-corrected chi connectivity index (χ2v) is 2.00. The van der Waals surface area contributed by atoms with Crippen LogP contribution in [0.5, 0.6) is 0 Å². The van der Waals surface area contributed by atoms with Gasteiger partial charge in [0.05, 0.1) is 0 Å². The van der Waals surface area contributed by atoms with Crippen LogP contribution in [0.15, 0.2) is 18.3 Å². The molecule has 1 aromatic rings. The first-order valence-corrected chi connectivity index (χ1v) is 2.69. The van der Waals surface area contributed by atoms with E-state index in [0.29, 0.717) is 5.49 Å². The minimum atomic E-state index is 0.329. The van der Waals surface area contributed by atoms with Gasteiger partial charge in [0, 0.05) is 6.20 Å². The van der Waals surface area contributed by atoms with E-state index in [1.54, 1.807) is 12.3 Å². The largest absolute Gasteiger partial charge is 0.338 e. The molecule has 0 bridgehead atoms. The van der Waals surface area contributed by atoms with E-state index in [9.17, 15) is 0 Å². The van der Waals surface area contributed by atoms with Gasteiger partial charge in [0.25, 0.3) is 0 Å². The highest BCUT2D eigenvalue weighted by molar-refractivity contribution is 5.06. The SMILES string of the molecule is Cc1ccn(N)c(=N)c1. The molecule has 0 spiro atoms. The van der Waals surface area contributed by atoms with E-state index in [-0.39, 0.29) is 0 Å². The summed E-state index contributed by atoms with van der Waals surface area (Å²) in [5, 5.41) is 7.20. The minimum Gasteiger partial charge on any atom is -0.338 e. The molecule has 0 amide bonds. The van der Waals surface area contributed by atoms with E-state index < -0.39 is 0 Å². The lowest BCUT2D eigenvalue weighted by Gasteiger charge is -1.96. The second kappa shape index (κ2) is 1.93. The van der Waals surface area contributed by atoms with Crippen LogP contribution in [0.25, 0.3) is 0 Å². The predicted octanol–water partition coefficient (Wildman–Crippen LogP) is -0.0102. The van der Waals surface area contributed by atoms with Crippen molar-refractivity contribution in [3.8, 4) is 0 Å². The third kappa shape index (κ3) is 1.10. The third-order valence-corrected chi connectivity index (χ3v) is 1.14. The van der Waals surface area contributed by atoms with Crippen molar-refractivity contribution in [3.63, 3.8) is 0 Å². The molecule has 48 valence electrons. The first-order valence-electron chi connectivity index (χ1n) is 2.69. The number of nitrogens with one attached hydrogen (secondary N) is 1. The van der Waals surface area contributed by atoms with Gasteiger partial charge in [0.1, 0.15) is 5.49 Å². The monoisotopic (exact) mass is 123 g/mol. The number of pyridine rings is 1. The molecule has 0 saturated heterocycles. The molecule has 0 aromatic carbocycles. The molecular formula is C6H9N3. The number of hydrogen-bond donors (Lipinski definition) is 2. The second-order valence-electron chi connectivity index (χ2n) is 2.00. The Morgan fingerprint density at radius 2 is 2.33 bits per heavy atom. The smallest absolute Gasteiger partial charge is 0.143 e. The van der Waals surface area contributed by atoms with Crippen molar-refractivity contribution in [2.24, 2.45) is 0 Å². The Kier molecular flexibility index (Phi) is 1.26. The molecular weight excluding hydrogens is 114 g/mol. The van der Waals surface area contributed by atoms with Crippen LogP contribution in [0.1, 0.15) is 5.56 Å². The first-order chi connectivity index (χ1) is 4.20. The Bertz CT molecular complexity index is 261. The molecule has 0 saturated carbocycles. The van der Waals surface area contributed by atoms with Gasteiger partial charge < -0.3 is 5.84 Å². The van der Waals surface area contributed by atoms with Crippen molar-refractivity contribution in [2.45, 2.75) is 6.92 Å². The molecule has 1 heterocycles. The van der Waals surface area contributed by atoms with Gasteiger partial charge in [0.15, 0.2) is 0 Å². The summed E-state index contributed by atoms with van der Waals surface area (Å²) >= 11 is 0. The van der Waals surface area contributed by atoms with E-state index in [2.05, 4.69) is 0 Å². The predicted molar refractivity (Wildman–Crippen MR) is 35.2 cm³/mol. The molecule has 0 aliphatic rings. The average Bonchev–Trinajstić information content (AvgIpc) is 1.80. The van der Waals surface area contributed by atoms with E-state index in [1.165, 1.54) is 4.68 Å². The first kappa shape index (κ1) is 5.88. The lowest BCUT2D eigenvalue weighted by atomic mass is 10.3. The van der Waals surface area contributed by atoms with Crippen LogP contribution in [0.2, 0.25) is 0 Å². The third-order valence-electron chi connectivity index (χ3n) is 1.14. The van der Waals surface area contributed by atoms with Crippen molar-refractivity contribution in [2.75, 3.05) is 5.84 Å². The van der Waals surface area contributed by atoms with Crippen LogP contribution in [0.4, 0.5) is 0 Å². The Hall–Kier alpha value is -1.25. The Morgan fingerprint density at radius 1 is 1.67 bits per heavy atom. The topological polar surface area (TPSA) is 54.8 Å². The van der Waals surface area contributed by atoms with Crippen LogP contribution in [-0.2, 0) is 0 Å². The Balaban J connectivity index is 3.34. The van der Waals surface area contributed by atoms with Gasteiger partial charge in [-0.2, -0.15) is 0 Å². The highest BCUT2D eigenvalue weighted by atomic mass is 15.3. The highest BCUT2D eigenvalue weighted by Crippen LogP contribution is 1.86. The number of hydrogen-bond acceptors (Lipinski definition) is 2. The minimum absolute atomic E-state index is 0.329. The number of rotatable bonds is 0. The maximum absolute atomic E-state index is 7.20. The van der Waals surface area contributed by atoms with Crippen molar-refractivity contribution in [1.82, 2.24) is 4.68 Å². The fourth-order valence-corrected chi connectivity index (χ4v) is 0.616. The van der Waals surface area contributed by atoms with E-state index in [0.717, 1.165) is 5.56 Å². The lowest BCUT2D eigenvalue weighted by Crippen LogP contribution is -2.25. The number of aromatic nitrogens is 1. The van der Waals surface area contributed by atoms with Crippen LogP contribution in [0, 0.1) is 12.3 Å². The summed E-state index contributed by atoms with van der Waals surface area (Å²) < 4.78 is 1.27. The van der Waals surface area contributed by atoms with Crippen LogP contribution in [-0.4, -0.2) is 4.68 Å². The standard InChI is InChI=1S/C6H9N3/c1-5-2-3-9(8)6(7)4-5/h2-4,7H,8H2,1H3. The molecule has 3 nitrogen and oxygen atoms in total. The highest BCUT2D eigenvalue weighted by Gasteiger charge is 1.83. The average molecular weight is 123 g/mol. The molecule has 3 N–H and O–H groups in total. The van der Waals surface area contributed by atoms with Crippen molar-refractivity contribution < 1.29 is 0 Å². The number of nitrogens with two attached hydrogens (primary N) is 1. The summed E-state index contributed by atoms with van der Waals surface area (Å²) in [5.41, 5.74) is 1.39. The molecule has 0 unspecified atom stereocenters. The molecule has 1 aromatic heterocycles. The molecule has 0 fully saturated rings. The zero-order valence-electron chi connectivity index (χ0n) is 5.26. The zero-order chi connectivity index (χ0) is 6.85. The van der Waals surface area contributed by atoms with Gasteiger partial charge in [-0.25, -0.2) is 0 Å². The summed E-state index contributed by atoms with van der Waals surface area (Å²) in [6, 6.07) is 3.57. The number of aryl methyl sites for hydroxylation is 1. The maximum atomic E-state index is 7.20. The molecule has 0 atom stereocenters. The Labute approximate surface area is 53.2 Å². The molecule has 0 aliphatic heterocycles. The van der Waals surface area contributed by atoms with Crippen LogP contribution in [0.3, 0.4) is 0 Å². The fourth-order valence-electron chi connectivity index (χ4n) is 0.616. The normalized spacial score (nSPS) is 9.44. The van der Waals surface area contributed by atoms with E-state index >= 15 is 0 Å². The van der Waals surface area contributed by atoms with Gasteiger partial charge in [0.2, 0.25) is 0 Å². The lowest BCUT2D eigenvalue weighted by molar-refractivity contribution is 0.875. The van der Waals surface area contributed by atoms with Gasteiger partial charge in [-0.3, -0.25) is 10.1 Å². The molecule has 0 radical (unpaired) electrons. The van der Waals surface area contributed by atoms with Crippen LogP contribution >= 0.6 is 0 Å². The van der Waals surface area contributed by atoms with Crippen molar-refractivity contribution in [3.05, 3.63) is 29.4 Å². The van der Waals surface area contributed by atoms with Gasteiger partial charge >= 0.3 is 0 Å². The quantitative estimate of drug-likeness (QED) is 0.468. The number of nitrogens with zero attached hydrogens (tertiary/aromatic N) is 1. The molecule has 3 heteroatoms. The fraction of sp³-hybridized carbons (Fsp3) is 0.167. The number of nitrogen functional groups attached to an aromatic ring is 1. The van der Waals surface area contributed by atoms with E-state index in [4.69, 9.17) is 11.3 Å².